The van der Waals surface area contributed by atoms with Crippen LogP contribution in [-0.4, -0.2) is 19.2 Å². The Morgan fingerprint density at radius 3 is 2.71 bits per heavy atom. The number of anilines is 1. The molecule has 94 valence electrons. The van der Waals surface area contributed by atoms with Gasteiger partial charge in [0.05, 0.1) is 22.9 Å². The van der Waals surface area contributed by atoms with Gasteiger partial charge in [-0.25, -0.2) is 4.79 Å². The van der Waals surface area contributed by atoms with E-state index in [1.165, 1.54) is 12.1 Å². The largest absolute Gasteiger partial charge is 0.462 e. The highest BCUT2D eigenvalue weighted by molar-refractivity contribution is 6.35. The maximum atomic E-state index is 12.1. The molecule has 0 atom stereocenters. The number of carbonyl (C=O) groups is 1. The Kier molecular flexibility index (Phi) is 4.51. The molecule has 0 saturated heterocycles. The number of rotatable bonds is 4. The Hall–Kier alpha value is -1.56. The van der Waals surface area contributed by atoms with Gasteiger partial charge in [-0.3, -0.25) is 0 Å². The summed E-state index contributed by atoms with van der Waals surface area (Å²) in [4.78, 5) is 11.4. The Morgan fingerprint density at radius 1 is 1.53 bits per heavy atom. The Balaban J connectivity index is 3.14. The maximum absolute atomic E-state index is 12.1. The van der Waals surface area contributed by atoms with Crippen LogP contribution in [-0.2, 0) is 4.74 Å². The summed E-state index contributed by atoms with van der Waals surface area (Å²) in [7, 11) is 0. The number of alkyl halides is 2. The second kappa shape index (κ2) is 5.67. The highest BCUT2D eigenvalue weighted by atomic mass is 35.5. The minimum Gasteiger partial charge on any atom is -0.462 e. The first kappa shape index (κ1) is 13.5. The van der Waals surface area contributed by atoms with Gasteiger partial charge in [0.2, 0.25) is 0 Å². The van der Waals surface area contributed by atoms with Gasteiger partial charge < -0.3 is 15.2 Å². The molecule has 0 saturated carbocycles. The molecule has 1 aromatic rings. The average Bonchev–Trinajstić information content (AvgIpc) is 2.24. The van der Waals surface area contributed by atoms with Crippen LogP contribution in [0.3, 0.4) is 0 Å². The smallest absolute Gasteiger partial charge is 0.387 e. The van der Waals surface area contributed by atoms with E-state index in [1.807, 2.05) is 0 Å². The number of esters is 1. The quantitative estimate of drug-likeness (QED) is 0.672. The van der Waals surface area contributed by atoms with Crippen LogP contribution in [0.15, 0.2) is 12.1 Å². The second-order valence-electron chi connectivity index (χ2n) is 2.94. The van der Waals surface area contributed by atoms with Crippen LogP contribution < -0.4 is 10.5 Å². The molecule has 2 N–H and O–H groups in total. The molecule has 0 aliphatic carbocycles. The molecule has 0 bridgehead atoms. The van der Waals surface area contributed by atoms with Gasteiger partial charge >= 0.3 is 12.6 Å². The maximum Gasteiger partial charge on any atom is 0.387 e. The molecule has 17 heavy (non-hydrogen) atoms. The van der Waals surface area contributed by atoms with Crippen molar-refractivity contribution in [1.29, 1.82) is 0 Å². The Labute approximate surface area is 101 Å². The first-order valence-corrected chi connectivity index (χ1v) is 5.05. The molecule has 0 unspecified atom stereocenters. The zero-order chi connectivity index (χ0) is 13.0. The number of carbonyl (C=O) groups excluding carboxylic acids is 1. The molecule has 0 radical (unpaired) electrons. The van der Waals surface area contributed by atoms with Crippen molar-refractivity contribution in [2.24, 2.45) is 0 Å². The lowest BCUT2D eigenvalue weighted by molar-refractivity contribution is -0.0493. The van der Waals surface area contributed by atoms with E-state index in [2.05, 4.69) is 4.74 Å². The van der Waals surface area contributed by atoms with E-state index >= 15 is 0 Å². The topological polar surface area (TPSA) is 61.5 Å². The standard InChI is InChI=1S/C10H10ClF2NO3/c1-2-16-9(15)5-3-4-6(14)8(7(5)11)17-10(12)13/h3-4,10H,2,14H2,1H3. The minimum absolute atomic E-state index is 0.0710. The number of nitrogen functional groups attached to an aromatic ring is 1. The predicted octanol–water partition coefficient (Wildman–Crippen LogP) is 2.70. The lowest BCUT2D eigenvalue weighted by atomic mass is 10.2. The number of hydrogen-bond acceptors (Lipinski definition) is 4. The molecule has 0 aliphatic heterocycles. The molecule has 1 rings (SSSR count). The minimum atomic E-state index is -3.08. The second-order valence-corrected chi connectivity index (χ2v) is 3.32. The zero-order valence-corrected chi connectivity index (χ0v) is 9.63. The normalized spacial score (nSPS) is 10.4. The molecule has 0 heterocycles. The van der Waals surface area contributed by atoms with Gasteiger partial charge in [-0.15, -0.1) is 0 Å². The van der Waals surface area contributed by atoms with E-state index in [1.54, 1.807) is 6.92 Å². The van der Waals surface area contributed by atoms with E-state index in [4.69, 9.17) is 22.1 Å². The van der Waals surface area contributed by atoms with Crippen molar-refractivity contribution in [1.82, 2.24) is 0 Å². The van der Waals surface area contributed by atoms with Crippen molar-refractivity contribution < 1.29 is 23.0 Å². The van der Waals surface area contributed by atoms with E-state index in [0.29, 0.717) is 0 Å². The van der Waals surface area contributed by atoms with E-state index in [0.717, 1.165) is 0 Å². The number of nitrogens with two attached hydrogens (primary N) is 1. The Bertz CT molecular complexity index is 426. The molecule has 0 aliphatic rings. The third-order valence-electron chi connectivity index (χ3n) is 1.83. The van der Waals surface area contributed by atoms with Crippen LogP contribution in [0.5, 0.6) is 5.75 Å². The summed E-state index contributed by atoms with van der Waals surface area (Å²) in [6.07, 6.45) is 0. The van der Waals surface area contributed by atoms with Gasteiger partial charge in [0.25, 0.3) is 0 Å². The van der Waals surface area contributed by atoms with E-state index < -0.39 is 18.3 Å². The molecule has 0 aromatic heterocycles. The van der Waals surface area contributed by atoms with Crippen molar-refractivity contribution in [3.8, 4) is 5.75 Å². The summed E-state index contributed by atoms with van der Waals surface area (Å²) in [6, 6.07) is 2.53. The summed E-state index contributed by atoms with van der Waals surface area (Å²) >= 11 is 5.75. The lowest BCUT2D eigenvalue weighted by Crippen LogP contribution is -2.10. The van der Waals surface area contributed by atoms with Gasteiger partial charge in [0, 0.05) is 0 Å². The summed E-state index contributed by atoms with van der Waals surface area (Å²) in [5.41, 5.74) is 5.27. The van der Waals surface area contributed by atoms with Crippen molar-refractivity contribution in [2.45, 2.75) is 13.5 Å². The van der Waals surface area contributed by atoms with E-state index in [9.17, 15) is 13.6 Å². The van der Waals surface area contributed by atoms with Crippen LogP contribution in [0, 0.1) is 0 Å². The van der Waals surface area contributed by atoms with Crippen molar-refractivity contribution >= 4 is 23.3 Å². The SMILES string of the molecule is CCOC(=O)c1ccc(N)c(OC(F)F)c1Cl. The van der Waals surface area contributed by atoms with Crippen LogP contribution >= 0.6 is 11.6 Å². The van der Waals surface area contributed by atoms with Crippen molar-refractivity contribution in [3.63, 3.8) is 0 Å². The summed E-state index contributed by atoms with van der Waals surface area (Å²) < 4.78 is 33.1. The van der Waals surface area contributed by atoms with E-state index in [-0.39, 0.29) is 22.9 Å². The van der Waals surface area contributed by atoms with Crippen molar-refractivity contribution in [2.75, 3.05) is 12.3 Å². The predicted molar refractivity (Wildman–Crippen MR) is 58.5 cm³/mol. The summed E-state index contributed by atoms with van der Waals surface area (Å²) in [5.74, 6) is -1.15. The van der Waals surface area contributed by atoms with Gasteiger partial charge in [0.1, 0.15) is 0 Å². The highest BCUT2D eigenvalue weighted by Crippen LogP contribution is 2.35. The molecule has 0 spiro atoms. The highest BCUT2D eigenvalue weighted by Gasteiger charge is 2.20. The van der Waals surface area contributed by atoms with Gasteiger partial charge in [-0.1, -0.05) is 11.6 Å². The fourth-order valence-corrected chi connectivity index (χ4v) is 1.44. The first-order valence-electron chi connectivity index (χ1n) is 4.67. The number of hydrogen-bond donors (Lipinski definition) is 1. The number of benzene rings is 1. The van der Waals surface area contributed by atoms with Crippen LogP contribution in [0.2, 0.25) is 5.02 Å². The molecular formula is C10H10ClF2NO3. The summed E-state index contributed by atoms with van der Waals surface area (Å²) in [5, 5.41) is -0.288. The van der Waals surface area contributed by atoms with Crippen LogP contribution in [0.4, 0.5) is 14.5 Å². The van der Waals surface area contributed by atoms with Gasteiger partial charge in [0.15, 0.2) is 5.75 Å². The third kappa shape index (κ3) is 3.20. The summed E-state index contributed by atoms with van der Waals surface area (Å²) in [6.45, 7) is -1.32. The monoisotopic (exact) mass is 265 g/mol. The molecular weight excluding hydrogens is 256 g/mol. The molecule has 1 aromatic carbocycles. The molecule has 0 fully saturated rings. The molecule has 7 heteroatoms. The number of halogens is 3. The van der Waals surface area contributed by atoms with Crippen molar-refractivity contribution in [3.05, 3.63) is 22.7 Å². The van der Waals surface area contributed by atoms with Gasteiger partial charge in [-0.2, -0.15) is 8.78 Å². The number of ether oxygens (including phenoxy) is 2. The fraction of sp³-hybridized carbons (Fsp3) is 0.300. The lowest BCUT2D eigenvalue weighted by Gasteiger charge is -2.12. The molecule has 4 nitrogen and oxygen atoms in total. The third-order valence-corrected chi connectivity index (χ3v) is 2.21. The fourth-order valence-electron chi connectivity index (χ4n) is 1.15. The average molecular weight is 266 g/mol. The first-order chi connectivity index (χ1) is 7.97. The Morgan fingerprint density at radius 2 is 2.18 bits per heavy atom. The van der Waals surface area contributed by atoms with Gasteiger partial charge in [-0.05, 0) is 19.1 Å². The van der Waals surface area contributed by atoms with Crippen LogP contribution in [0.1, 0.15) is 17.3 Å². The van der Waals surface area contributed by atoms with Crippen LogP contribution in [0.25, 0.3) is 0 Å². The zero-order valence-electron chi connectivity index (χ0n) is 8.88. The molecule has 0 amide bonds.